The van der Waals surface area contributed by atoms with Crippen molar-refractivity contribution in [1.29, 1.82) is 0 Å². The number of hydrogen-bond donors (Lipinski definition) is 1. The first-order valence-corrected chi connectivity index (χ1v) is 10.4. The number of benzene rings is 2. The first-order valence-electron chi connectivity index (χ1n) is 10.4. The summed E-state index contributed by atoms with van der Waals surface area (Å²) in [6.45, 7) is 4.66. The molecule has 2 amide bonds. The van der Waals surface area contributed by atoms with Gasteiger partial charge in [0.1, 0.15) is 11.6 Å². The van der Waals surface area contributed by atoms with E-state index in [-0.39, 0.29) is 17.6 Å². The Morgan fingerprint density at radius 2 is 1.84 bits per heavy atom. The van der Waals surface area contributed by atoms with Crippen LogP contribution in [0.2, 0.25) is 0 Å². The summed E-state index contributed by atoms with van der Waals surface area (Å²) in [5.41, 5.74) is 1.38. The van der Waals surface area contributed by atoms with Gasteiger partial charge in [-0.25, -0.2) is 9.78 Å². The maximum atomic E-state index is 12.7. The normalized spacial score (nSPS) is 15.6. The minimum atomic E-state index is -0.128. The number of ether oxygens (including phenoxy) is 1. The van der Waals surface area contributed by atoms with E-state index in [9.17, 15) is 9.59 Å². The SMILES string of the molecule is COc1cccc(NC(=O)N2CCN([C@@H](C)c3nc4ccccc4c(=O)n3C)CC2)c1. The number of piperazine rings is 1. The summed E-state index contributed by atoms with van der Waals surface area (Å²) in [6, 6.07) is 14.6. The number of methoxy groups -OCH3 is 1. The topological polar surface area (TPSA) is 79.7 Å². The van der Waals surface area contributed by atoms with Gasteiger partial charge in [0.2, 0.25) is 0 Å². The van der Waals surface area contributed by atoms with Crippen molar-refractivity contribution in [3.05, 3.63) is 64.7 Å². The molecule has 2 heterocycles. The molecule has 1 aliphatic heterocycles. The van der Waals surface area contributed by atoms with Crippen molar-refractivity contribution in [3.8, 4) is 5.75 Å². The molecule has 1 aliphatic rings. The molecule has 0 aliphatic carbocycles. The predicted octanol–water partition coefficient (Wildman–Crippen LogP) is 2.85. The van der Waals surface area contributed by atoms with Gasteiger partial charge in [-0.3, -0.25) is 14.3 Å². The summed E-state index contributed by atoms with van der Waals surface area (Å²) in [6.07, 6.45) is 0. The van der Waals surface area contributed by atoms with Gasteiger partial charge in [0.15, 0.2) is 0 Å². The third kappa shape index (κ3) is 4.25. The van der Waals surface area contributed by atoms with E-state index in [1.807, 2.05) is 36.4 Å². The highest BCUT2D eigenvalue weighted by atomic mass is 16.5. The van der Waals surface area contributed by atoms with Crippen LogP contribution in [0.15, 0.2) is 53.3 Å². The van der Waals surface area contributed by atoms with E-state index in [0.717, 1.165) is 5.82 Å². The summed E-state index contributed by atoms with van der Waals surface area (Å²) >= 11 is 0. The summed E-state index contributed by atoms with van der Waals surface area (Å²) in [5, 5.41) is 3.55. The van der Waals surface area contributed by atoms with Crippen LogP contribution in [-0.2, 0) is 7.05 Å². The molecule has 0 spiro atoms. The number of hydrogen-bond acceptors (Lipinski definition) is 5. The molecule has 4 rings (SSSR count). The zero-order valence-electron chi connectivity index (χ0n) is 18.0. The van der Waals surface area contributed by atoms with Gasteiger partial charge in [-0.2, -0.15) is 0 Å². The van der Waals surface area contributed by atoms with E-state index in [1.54, 1.807) is 35.8 Å². The molecule has 0 saturated carbocycles. The Hall–Kier alpha value is -3.39. The summed E-state index contributed by atoms with van der Waals surface area (Å²) in [4.78, 5) is 34.2. The van der Waals surface area contributed by atoms with Crippen LogP contribution >= 0.6 is 0 Å². The van der Waals surface area contributed by atoms with Crippen LogP contribution in [-0.4, -0.2) is 58.7 Å². The van der Waals surface area contributed by atoms with E-state index in [4.69, 9.17) is 9.72 Å². The third-order valence-corrected chi connectivity index (χ3v) is 5.86. The number of para-hydroxylation sites is 1. The summed E-state index contributed by atoms with van der Waals surface area (Å²) in [5.74, 6) is 1.43. The van der Waals surface area contributed by atoms with Gasteiger partial charge in [-0.1, -0.05) is 18.2 Å². The Balaban J connectivity index is 1.42. The third-order valence-electron chi connectivity index (χ3n) is 5.86. The van der Waals surface area contributed by atoms with Crippen molar-refractivity contribution in [3.63, 3.8) is 0 Å². The quantitative estimate of drug-likeness (QED) is 0.701. The molecule has 8 heteroatoms. The van der Waals surface area contributed by atoms with Gasteiger partial charge < -0.3 is 15.0 Å². The van der Waals surface area contributed by atoms with Crippen LogP contribution in [0, 0.1) is 0 Å². The minimum absolute atomic E-state index is 0.0362. The Morgan fingerprint density at radius 3 is 2.58 bits per heavy atom. The average molecular weight is 422 g/mol. The maximum absolute atomic E-state index is 12.7. The number of amides is 2. The zero-order valence-corrected chi connectivity index (χ0v) is 18.0. The number of nitrogens with zero attached hydrogens (tertiary/aromatic N) is 4. The highest BCUT2D eigenvalue weighted by Gasteiger charge is 2.27. The number of urea groups is 1. The molecule has 0 unspecified atom stereocenters. The Labute approximate surface area is 181 Å². The van der Waals surface area contributed by atoms with Crippen molar-refractivity contribution >= 4 is 22.6 Å². The number of fused-ring (bicyclic) bond motifs is 1. The van der Waals surface area contributed by atoms with Crippen LogP contribution in [0.1, 0.15) is 18.8 Å². The standard InChI is InChI=1S/C23H27N5O3/c1-16(21-25-20-10-5-4-9-19(20)22(29)26(21)2)27-11-13-28(14-12-27)23(30)24-17-7-6-8-18(15-17)31-3/h4-10,15-16H,11-14H2,1-3H3,(H,24,30)/t16-/m0/s1. The first-order chi connectivity index (χ1) is 15.0. The number of carbonyl (C=O) groups is 1. The average Bonchev–Trinajstić information content (AvgIpc) is 2.81. The lowest BCUT2D eigenvalue weighted by atomic mass is 10.2. The largest absolute Gasteiger partial charge is 0.497 e. The second kappa shape index (κ2) is 8.77. The molecule has 1 atom stereocenters. The van der Waals surface area contributed by atoms with Crippen LogP contribution in [0.3, 0.4) is 0 Å². The van der Waals surface area contributed by atoms with E-state index < -0.39 is 0 Å². The Bertz CT molecular complexity index is 1150. The number of rotatable bonds is 4. The van der Waals surface area contributed by atoms with Gasteiger partial charge >= 0.3 is 6.03 Å². The van der Waals surface area contributed by atoms with Gasteiger partial charge in [0, 0.05) is 45.0 Å². The van der Waals surface area contributed by atoms with Gasteiger partial charge in [0.05, 0.1) is 24.1 Å². The molecule has 1 saturated heterocycles. The monoisotopic (exact) mass is 421 g/mol. The number of anilines is 1. The van der Waals surface area contributed by atoms with Gasteiger partial charge in [0.25, 0.3) is 5.56 Å². The van der Waals surface area contributed by atoms with E-state index in [0.29, 0.717) is 48.5 Å². The molecule has 2 aromatic carbocycles. The fourth-order valence-corrected chi connectivity index (χ4v) is 3.99. The fourth-order valence-electron chi connectivity index (χ4n) is 3.99. The van der Waals surface area contributed by atoms with E-state index in [2.05, 4.69) is 17.1 Å². The van der Waals surface area contributed by atoms with Gasteiger partial charge in [-0.15, -0.1) is 0 Å². The second-order valence-electron chi connectivity index (χ2n) is 7.71. The highest BCUT2D eigenvalue weighted by Crippen LogP contribution is 2.22. The Morgan fingerprint density at radius 1 is 1.10 bits per heavy atom. The number of carbonyl (C=O) groups excluding carboxylic acids is 1. The molecule has 0 bridgehead atoms. The summed E-state index contributed by atoms with van der Waals surface area (Å²) < 4.78 is 6.84. The number of nitrogens with one attached hydrogen (secondary N) is 1. The minimum Gasteiger partial charge on any atom is -0.497 e. The molecule has 31 heavy (non-hydrogen) atoms. The molecule has 162 valence electrons. The van der Waals surface area contributed by atoms with Gasteiger partial charge in [-0.05, 0) is 31.2 Å². The zero-order chi connectivity index (χ0) is 22.0. The molecule has 3 aromatic rings. The number of aromatic nitrogens is 2. The molecule has 1 N–H and O–H groups in total. The van der Waals surface area contributed by atoms with Crippen molar-refractivity contribution in [2.45, 2.75) is 13.0 Å². The van der Waals surface area contributed by atoms with E-state index in [1.165, 1.54) is 0 Å². The molecule has 0 radical (unpaired) electrons. The van der Waals surface area contributed by atoms with Crippen LogP contribution in [0.25, 0.3) is 10.9 Å². The fraction of sp³-hybridized carbons (Fsp3) is 0.348. The lowest BCUT2D eigenvalue weighted by Gasteiger charge is -2.38. The second-order valence-corrected chi connectivity index (χ2v) is 7.71. The molecule has 1 fully saturated rings. The van der Waals surface area contributed by atoms with Crippen LogP contribution < -0.4 is 15.6 Å². The van der Waals surface area contributed by atoms with Crippen molar-refractivity contribution in [1.82, 2.24) is 19.4 Å². The molecular formula is C23H27N5O3. The molecule has 8 nitrogen and oxygen atoms in total. The van der Waals surface area contributed by atoms with Crippen LogP contribution in [0.5, 0.6) is 5.75 Å². The first kappa shape index (κ1) is 20.9. The lowest BCUT2D eigenvalue weighted by molar-refractivity contribution is 0.114. The van der Waals surface area contributed by atoms with Crippen molar-refractivity contribution in [2.24, 2.45) is 7.05 Å². The predicted molar refractivity (Wildman–Crippen MR) is 121 cm³/mol. The van der Waals surface area contributed by atoms with E-state index >= 15 is 0 Å². The maximum Gasteiger partial charge on any atom is 0.321 e. The lowest BCUT2D eigenvalue weighted by Crippen LogP contribution is -2.51. The van der Waals surface area contributed by atoms with Crippen molar-refractivity contribution in [2.75, 3.05) is 38.6 Å². The van der Waals surface area contributed by atoms with Crippen LogP contribution in [0.4, 0.5) is 10.5 Å². The molecular weight excluding hydrogens is 394 g/mol. The molecule has 1 aromatic heterocycles. The Kier molecular flexibility index (Phi) is 5.90. The van der Waals surface area contributed by atoms with Crippen molar-refractivity contribution < 1.29 is 9.53 Å². The smallest absolute Gasteiger partial charge is 0.321 e. The summed E-state index contributed by atoms with van der Waals surface area (Å²) in [7, 11) is 3.37. The highest BCUT2D eigenvalue weighted by molar-refractivity contribution is 5.89.